The SMILES string of the molecule is c1ccc(CN2CCN(Cc3ccco3)CC2)nc1. The van der Waals surface area contributed by atoms with Crippen LogP contribution in [0, 0.1) is 0 Å². The molecule has 0 atom stereocenters. The Bertz CT molecular complexity index is 475. The van der Waals surface area contributed by atoms with E-state index in [-0.39, 0.29) is 0 Å². The average molecular weight is 257 g/mol. The Morgan fingerprint density at radius 3 is 2.37 bits per heavy atom. The zero-order chi connectivity index (χ0) is 12.9. The smallest absolute Gasteiger partial charge is 0.117 e. The van der Waals surface area contributed by atoms with Gasteiger partial charge in [-0.2, -0.15) is 0 Å². The van der Waals surface area contributed by atoms with Gasteiger partial charge in [-0.25, -0.2) is 0 Å². The molecule has 3 rings (SSSR count). The van der Waals surface area contributed by atoms with Crippen LogP contribution >= 0.6 is 0 Å². The molecule has 2 aromatic heterocycles. The lowest BCUT2D eigenvalue weighted by Gasteiger charge is -2.33. The molecule has 4 nitrogen and oxygen atoms in total. The summed E-state index contributed by atoms with van der Waals surface area (Å²) in [6, 6.07) is 10.1. The van der Waals surface area contributed by atoms with Gasteiger partial charge < -0.3 is 4.42 Å². The first kappa shape index (κ1) is 12.4. The Balaban J connectivity index is 1.47. The van der Waals surface area contributed by atoms with Gasteiger partial charge in [0.2, 0.25) is 0 Å². The van der Waals surface area contributed by atoms with E-state index in [0.29, 0.717) is 0 Å². The van der Waals surface area contributed by atoms with Crippen molar-refractivity contribution >= 4 is 0 Å². The number of aromatic nitrogens is 1. The van der Waals surface area contributed by atoms with Gasteiger partial charge >= 0.3 is 0 Å². The van der Waals surface area contributed by atoms with E-state index < -0.39 is 0 Å². The summed E-state index contributed by atoms with van der Waals surface area (Å²) >= 11 is 0. The van der Waals surface area contributed by atoms with Crippen molar-refractivity contribution in [2.75, 3.05) is 26.2 Å². The van der Waals surface area contributed by atoms with E-state index >= 15 is 0 Å². The summed E-state index contributed by atoms with van der Waals surface area (Å²) in [6.07, 6.45) is 3.61. The molecule has 4 heteroatoms. The molecule has 0 amide bonds. The number of rotatable bonds is 4. The Kier molecular flexibility index (Phi) is 3.91. The summed E-state index contributed by atoms with van der Waals surface area (Å²) < 4.78 is 5.39. The molecule has 2 aromatic rings. The Morgan fingerprint density at radius 1 is 0.947 bits per heavy atom. The van der Waals surface area contributed by atoms with Crippen LogP contribution in [0.4, 0.5) is 0 Å². The zero-order valence-electron chi connectivity index (χ0n) is 11.0. The van der Waals surface area contributed by atoms with Gasteiger partial charge in [-0.1, -0.05) is 6.07 Å². The molecule has 0 unspecified atom stereocenters. The second kappa shape index (κ2) is 5.99. The van der Waals surface area contributed by atoms with Gasteiger partial charge in [0.05, 0.1) is 18.5 Å². The van der Waals surface area contributed by atoms with Crippen molar-refractivity contribution in [2.24, 2.45) is 0 Å². The van der Waals surface area contributed by atoms with Gasteiger partial charge in [0, 0.05) is 38.9 Å². The number of hydrogen-bond acceptors (Lipinski definition) is 4. The third kappa shape index (κ3) is 3.43. The van der Waals surface area contributed by atoms with Crippen molar-refractivity contribution in [1.29, 1.82) is 0 Å². The van der Waals surface area contributed by atoms with Crippen LogP contribution < -0.4 is 0 Å². The molecule has 0 bridgehead atoms. The van der Waals surface area contributed by atoms with Gasteiger partial charge in [0.25, 0.3) is 0 Å². The average Bonchev–Trinajstić information content (AvgIpc) is 2.95. The first-order chi connectivity index (χ1) is 9.40. The van der Waals surface area contributed by atoms with E-state index in [2.05, 4.69) is 26.9 Å². The van der Waals surface area contributed by atoms with Crippen LogP contribution in [0.3, 0.4) is 0 Å². The number of piperazine rings is 1. The third-order valence-corrected chi connectivity index (χ3v) is 3.54. The number of furan rings is 1. The summed E-state index contributed by atoms with van der Waals surface area (Å²) in [7, 11) is 0. The highest BCUT2D eigenvalue weighted by Crippen LogP contribution is 2.10. The molecule has 0 aliphatic carbocycles. The molecule has 0 spiro atoms. The predicted octanol–water partition coefficient (Wildman–Crippen LogP) is 1.99. The topological polar surface area (TPSA) is 32.5 Å². The van der Waals surface area contributed by atoms with E-state index in [9.17, 15) is 0 Å². The Labute approximate surface area is 113 Å². The minimum absolute atomic E-state index is 0.921. The fourth-order valence-corrected chi connectivity index (χ4v) is 2.45. The number of pyridine rings is 1. The molecule has 19 heavy (non-hydrogen) atoms. The van der Waals surface area contributed by atoms with Crippen molar-refractivity contribution in [3.8, 4) is 0 Å². The summed E-state index contributed by atoms with van der Waals surface area (Å²) in [4.78, 5) is 9.28. The minimum atomic E-state index is 0.921. The molecule has 1 aliphatic heterocycles. The quantitative estimate of drug-likeness (QED) is 0.838. The molecule has 0 saturated carbocycles. The second-order valence-corrected chi connectivity index (χ2v) is 4.95. The largest absolute Gasteiger partial charge is 0.468 e. The summed E-state index contributed by atoms with van der Waals surface area (Å²) in [5.74, 6) is 1.05. The summed E-state index contributed by atoms with van der Waals surface area (Å²) in [5, 5.41) is 0. The van der Waals surface area contributed by atoms with Gasteiger partial charge in [-0.3, -0.25) is 14.8 Å². The van der Waals surface area contributed by atoms with Crippen molar-refractivity contribution in [3.63, 3.8) is 0 Å². The van der Waals surface area contributed by atoms with Crippen LogP contribution in [-0.4, -0.2) is 41.0 Å². The van der Waals surface area contributed by atoms with Crippen molar-refractivity contribution in [2.45, 2.75) is 13.1 Å². The lowest BCUT2D eigenvalue weighted by Crippen LogP contribution is -2.45. The molecule has 1 fully saturated rings. The molecule has 0 aromatic carbocycles. The van der Waals surface area contributed by atoms with Gasteiger partial charge in [0.15, 0.2) is 0 Å². The van der Waals surface area contributed by atoms with E-state index in [1.807, 2.05) is 24.4 Å². The molecule has 1 aliphatic rings. The van der Waals surface area contributed by atoms with E-state index in [4.69, 9.17) is 4.42 Å². The third-order valence-electron chi connectivity index (χ3n) is 3.54. The Hall–Kier alpha value is -1.65. The maximum atomic E-state index is 5.39. The molecular formula is C15H19N3O. The maximum absolute atomic E-state index is 5.39. The molecule has 0 radical (unpaired) electrons. The maximum Gasteiger partial charge on any atom is 0.117 e. The first-order valence-corrected chi connectivity index (χ1v) is 6.77. The van der Waals surface area contributed by atoms with Crippen molar-refractivity contribution < 1.29 is 4.42 Å². The fourth-order valence-electron chi connectivity index (χ4n) is 2.45. The van der Waals surface area contributed by atoms with Crippen molar-refractivity contribution in [1.82, 2.24) is 14.8 Å². The zero-order valence-corrected chi connectivity index (χ0v) is 11.0. The van der Waals surface area contributed by atoms with E-state index in [1.54, 1.807) is 6.26 Å². The summed E-state index contributed by atoms with van der Waals surface area (Å²) in [5.41, 5.74) is 1.15. The van der Waals surface area contributed by atoms with Crippen LogP contribution in [0.15, 0.2) is 47.2 Å². The van der Waals surface area contributed by atoms with Crippen LogP contribution in [0.5, 0.6) is 0 Å². The van der Waals surface area contributed by atoms with E-state index in [1.165, 1.54) is 0 Å². The highest BCUT2D eigenvalue weighted by Gasteiger charge is 2.17. The van der Waals surface area contributed by atoms with Crippen LogP contribution in [0.2, 0.25) is 0 Å². The standard InChI is InChI=1S/C15H19N3O/c1-2-6-16-14(4-1)12-17-7-9-18(10-8-17)13-15-5-3-11-19-15/h1-6,11H,7-10,12-13H2. The molecule has 100 valence electrons. The monoisotopic (exact) mass is 257 g/mol. The number of nitrogens with zero attached hydrogens (tertiary/aromatic N) is 3. The van der Waals surface area contributed by atoms with Crippen molar-refractivity contribution in [3.05, 3.63) is 54.2 Å². The normalized spacial score (nSPS) is 17.7. The Morgan fingerprint density at radius 2 is 1.74 bits per heavy atom. The van der Waals surface area contributed by atoms with Crippen LogP contribution in [0.1, 0.15) is 11.5 Å². The summed E-state index contributed by atoms with van der Waals surface area (Å²) in [6.45, 7) is 6.25. The number of hydrogen-bond donors (Lipinski definition) is 0. The molecular weight excluding hydrogens is 238 g/mol. The van der Waals surface area contributed by atoms with Gasteiger partial charge in [-0.15, -0.1) is 0 Å². The molecule has 0 N–H and O–H groups in total. The van der Waals surface area contributed by atoms with Crippen LogP contribution in [-0.2, 0) is 13.1 Å². The minimum Gasteiger partial charge on any atom is -0.468 e. The molecule has 3 heterocycles. The van der Waals surface area contributed by atoms with Crippen LogP contribution in [0.25, 0.3) is 0 Å². The highest BCUT2D eigenvalue weighted by molar-refractivity contribution is 5.03. The van der Waals surface area contributed by atoms with Gasteiger partial charge in [-0.05, 0) is 24.3 Å². The first-order valence-electron chi connectivity index (χ1n) is 6.77. The lowest BCUT2D eigenvalue weighted by atomic mass is 10.2. The fraction of sp³-hybridized carbons (Fsp3) is 0.400. The molecule has 1 saturated heterocycles. The highest BCUT2D eigenvalue weighted by atomic mass is 16.3. The van der Waals surface area contributed by atoms with E-state index in [0.717, 1.165) is 50.7 Å². The predicted molar refractivity (Wildman–Crippen MR) is 73.5 cm³/mol. The lowest BCUT2D eigenvalue weighted by molar-refractivity contribution is 0.115. The second-order valence-electron chi connectivity index (χ2n) is 4.95. The van der Waals surface area contributed by atoms with Gasteiger partial charge in [0.1, 0.15) is 5.76 Å².